The van der Waals surface area contributed by atoms with Gasteiger partial charge in [-0.05, 0) is 50.3 Å². The molecule has 0 atom stereocenters. The fourth-order valence-electron chi connectivity index (χ4n) is 3.98. The van der Waals surface area contributed by atoms with Gasteiger partial charge in [-0.1, -0.05) is 0 Å². The van der Waals surface area contributed by atoms with Gasteiger partial charge in [-0.25, -0.2) is 26.9 Å². The highest BCUT2D eigenvalue weighted by molar-refractivity contribution is 7.88. The Labute approximate surface area is 202 Å². The van der Waals surface area contributed by atoms with Crippen LogP contribution in [0.5, 0.6) is 5.75 Å². The van der Waals surface area contributed by atoms with Crippen molar-refractivity contribution in [2.45, 2.75) is 44.8 Å². The number of carbonyl (C=O) groups is 1. The molecule has 0 unspecified atom stereocenters. The number of ether oxygens (including phenoxy) is 2. The first-order valence-corrected chi connectivity index (χ1v) is 13.3. The van der Waals surface area contributed by atoms with Crippen LogP contribution in [0.4, 0.5) is 15.1 Å². The Kier molecular flexibility index (Phi) is 7.84. The molecule has 1 fully saturated rings. The fourth-order valence-corrected chi connectivity index (χ4v) is 5.73. The maximum absolute atomic E-state index is 14.0. The zero-order chi connectivity index (χ0) is 25.2. The molecule has 9 nitrogen and oxygen atoms in total. The van der Waals surface area contributed by atoms with Gasteiger partial charge in [0.25, 0.3) is 0 Å². The third kappa shape index (κ3) is 5.68. The number of sulfonamides is 1. The first-order valence-electron chi connectivity index (χ1n) is 10.6. The van der Waals surface area contributed by atoms with Crippen LogP contribution in [0.3, 0.4) is 0 Å². The van der Waals surface area contributed by atoms with Gasteiger partial charge in [0, 0.05) is 19.2 Å². The number of nitrogens with two attached hydrogens (primary N) is 2. The first-order chi connectivity index (χ1) is 15.9. The van der Waals surface area contributed by atoms with E-state index in [2.05, 4.69) is 4.99 Å². The number of esters is 1. The number of amidine groups is 1. The first kappa shape index (κ1) is 25.9. The largest absolute Gasteiger partial charge is 0.488 e. The molecule has 4 N–H and O–H groups in total. The lowest BCUT2D eigenvalue weighted by atomic mass is 9.93. The molecule has 1 aromatic heterocycles. The van der Waals surface area contributed by atoms with Gasteiger partial charge >= 0.3 is 5.97 Å². The molecule has 3 rings (SSSR count). The number of methoxy groups -OCH3 is 1. The number of nitrogens with zero attached hydrogens (tertiary/aromatic N) is 2. The van der Waals surface area contributed by atoms with Crippen LogP contribution in [0, 0.1) is 12.7 Å². The predicted molar refractivity (Wildman–Crippen MR) is 131 cm³/mol. The number of carbonyl (C=O) groups excluding carboxylic acids is 1. The van der Waals surface area contributed by atoms with Gasteiger partial charge in [0.05, 0.1) is 30.0 Å². The minimum absolute atomic E-state index is 0.0661. The van der Waals surface area contributed by atoms with Gasteiger partial charge in [0.15, 0.2) is 0 Å². The van der Waals surface area contributed by atoms with Crippen molar-refractivity contribution in [1.29, 1.82) is 0 Å². The summed E-state index contributed by atoms with van der Waals surface area (Å²) >= 11 is 1.06. The summed E-state index contributed by atoms with van der Waals surface area (Å²) in [6.07, 6.45) is 3.45. The molecular formula is C22H29FN4O5S2. The normalized spacial score (nSPS) is 19.3. The summed E-state index contributed by atoms with van der Waals surface area (Å²) in [4.78, 5) is 16.7. The Balaban J connectivity index is 1.82. The number of halogens is 1. The standard InChI is InChI=1S/C22H29FN4O5S2/c1-12-18(21(25)33-19(12)22(28)31-3)20(24)26-16-10-5-13(23)11-17(16)32-15-8-6-14(7-9-15)27(2)34(4,29)30/h5,10-11,14-15H,6-9,25H2,1-4H3,(H2,24,26). The lowest BCUT2D eigenvalue weighted by molar-refractivity contribution is 0.0605. The van der Waals surface area contributed by atoms with Gasteiger partial charge in [-0.3, -0.25) is 0 Å². The Morgan fingerprint density at radius 1 is 1.26 bits per heavy atom. The smallest absolute Gasteiger partial charge is 0.348 e. The van der Waals surface area contributed by atoms with Crippen LogP contribution >= 0.6 is 11.3 Å². The number of anilines is 1. The average molecular weight is 513 g/mol. The summed E-state index contributed by atoms with van der Waals surface area (Å²) < 4.78 is 49.9. The molecular weight excluding hydrogens is 483 g/mol. The van der Waals surface area contributed by atoms with E-state index in [9.17, 15) is 17.6 Å². The van der Waals surface area contributed by atoms with Crippen LogP contribution in [-0.4, -0.2) is 57.1 Å². The second-order valence-electron chi connectivity index (χ2n) is 8.22. The third-order valence-corrected chi connectivity index (χ3v) is 8.38. The van der Waals surface area contributed by atoms with Crippen LogP contribution < -0.4 is 16.2 Å². The van der Waals surface area contributed by atoms with Crippen molar-refractivity contribution in [3.63, 3.8) is 0 Å². The predicted octanol–water partition coefficient (Wildman–Crippen LogP) is 3.18. The van der Waals surface area contributed by atoms with E-state index in [0.29, 0.717) is 52.4 Å². The molecule has 1 heterocycles. The van der Waals surface area contributed by atoms with E-state index in [1.807, 2.05) is 0 Å². The molecule has 186 valence electrons. The summed E-state index contributed by atoms with van der Waals surface area (Å²) in [6, 6.07) is 3.86. The highest BCUT2D eigenvalue weighted by Gasteiger charge is 2.29. The van der Waals surface area contributed by atoms with Crippen molar-refractivity contribution >= 4 is 43.9 Å². The summed E-state index contributed by atoms with van der Waals surface area (Å²) in [6.45, 7) is 1.70. The Morgan fingerprint density at radius 3 is 2.50 bits per heavy atom. The molecule has 34 heavy (non-hydrogen) atoms. The maximum atomic E-state index is 14.0. The lowest BCUT2D eigenvalue weighted by Gasteiger charge is -2.33. The third-order valence-electron chi connectivity index (χ3n) is 5.94. The molecule has 0 saturated heterocycles. The minimum Gasteiger partial charge on any atom is -0.488 e. The monoisotopic (exact) mass is 512 g/mol. The zero-order valence-corrected chi connectivity index (χ0v) is 21.1. The van der Waals surface area contributed by atoms with Crippen LogP contribution in [0.1, 0.15) is 46.5 Å². The van der Waals surface area contributed by atoms with Crippen LogP contribution in [0.15, 0.2) is 23.2 Å². The summed E-state index contributed by atoms with van der Waals surface area (Å²) in [5.41, 5.74) is 13.6. The highest BCUT2D eigenvalue weighted by Crippen LogP contribution is 2.35. The second-order valence-corrected chi connectivity index (χ2v) is 11.3. The van der Waals surface area contributed by atoms with Crippen molar-refractivity contribution in [2.24, 2.45) is 10.7 Å². The van der Waals surface area contributed by atoms with Crippen LogP contribution in [-0.2, 0) is 14.8 Å². The zero-order valence-electron chi connectivity index (χ0n) is 19.5. The van der Waals surface area contributed by atoms with Crippen molar-refractivity contribution in [1.82, 2.24) is 4.31 Å². The molecule has 1 aliphatic carbocycles. The summed E-state index contributed by atoms with van der Waals surface area (Å²) in [5, 5.41) is 0.317. The van der Waals surface area contributed by atoms with Crippen molar-refractivity contribution in [3.05, 3.63) is 40.0 Å². The summed E-state index contributed by atoms with van der Waals surface area (Å²) in [5.74, 6) is -0.716. The van der Waals surface area contributed by atoms with E-state index < -0.39 is 21.8 Å². The molecule has 1 saturated carbocycles. The lowest BCUT2D eigenvalue weighted by Crippen LogP contribution is -2.40. The van der Waals surface area contributed by atoms with Gasteiger partial charge in [0.2, 0.25) is 10.0 Å². The van der Waals surface area contributed by atoms with E-state index in [0.717, 1.165) is 11.3 Å². The topological polar surface area (TPSA) is 137 Å². The van der Waals surface area contributed by atoms with Crippen molar-refractivity contribution < 1.29 is 27.1 Å². The maximum Gasteiger partial charge on any atom is 0.348 e. The molecule has 1 aliphatic rings. The molecule has 12 heteroatoms. The van der Waals surface area contributed by atoms with E-state index in [1.54, 1.807) is 14.0 Å². The number of hydrogen-bond acceptors (Lipinski definition) is 8. The second kappa shape index (κ2) is 10.3. The molecule has 0 spiro atoms. The molecule has 0 radical (unpaired) electrons. The van der Waals surface area contributed by atoms with E-state index in [1.165, 1.54) is 35.9 Å². The van der Waals surface area contributed by atoms with Gasteiger partial charge in [0.1, 0.15) is 28.0 Å². The molecule has 2 aromatic rings. The molecule has 1 aromatic carbocycles. The number of thiophene rings is 1. The minimum atomic E-state index is -3.27. The van der Waals surface area contributed by atoms with Crippen LogP contribution in [0.2, 0.25) is 0 Å². The van der Waals surface area contributed by atoms with Crippen molar-refractivity contribution in [2.75, 3.05) is 26.1 Å². The van der Waals surface area contributed by atoms with E-state index in [4.69, 9.17) is 20.9 Å². The van der Waals surface area contributed by atoms with Crippen molar-refractivity contribution in [3.8, 4) is 5.75 Å². The summed E-state index contributed by atoms with van der Waals surface area (Å²) in [7, 11) is -0.413. The van der Waals surface area contributed by atoms with E-state index in [-0.39, 0.29) is 23.7 Å². The Morgan fingerprint density at radius 2 is 1.91 bits per heavy atom. The van der Waals surface area contributed by atoms with Gasteiger partial charge < -0.3 is 20.9 Å². The quantitative estimate of drug-likeness (QED) is 0.330. The average Bonchev–Trinajstić information content (AvgIpc) is 3.08. The number of aliphatic imine (C=N–C) groups is 1. The molecule has 0 bridgehead atoms. The number of rotatable bonds is 7. The number of nitrogen functional groups attached to an aromatic ring is 1. The van der Waals surface area contributed by atoms with Crippen LogP contribution in [0.25, 0.3) is 0 Å². The number of benzene rings is 1. The SMILES string of the molecule is COC(=O)c1sc(N)c(C(N)=Nc2ccc(F)cc2OC2CCC(N(C)S(C)(=O)=O)CC2)c1C. The Hall–Kier alpha value is -2.70. The number of hydrogen-bond donors (Lipinski definition) is 2. The van der Waals surface area contributed by atoms with E-state index >= 15 is 0 Å². The van der Waals surface area contributed by atoms with Gasteiger partial charge in [-0.15, -0.1) is 11.3 Å². The fraction of sp³-hybridized carbons (Fsp3) is 0.455. The molecule has 0 aliphatic heterocycles. The Bertz CT molecular complexity index is 1200. The molecule has 0 amide bonds. The van der Waals surface area contributed by atoms with Gasteiger partial charge in [-0.2, -0.15) is 0 Å². The highest BCUT2D eigenvalue weighted by atomic mass is 32.2.